The lowest BCUT2D eigenvalue weighted by atomic mass is 10.1. The molecule has 0 aliphatic rings. The molecule has 0 bridgehead atoms. The molecule has 1 aromatic carbocycles. The summed E-state index contributed by atoms with van der Waals surface area (Å²) in [5.41, 5.74) is 8.55. The largest absolute Gasteiger partial charge is 0.350 e. The molecule has 0 atom stereocenters. The number of hydrazone groups is 1. The molecule has 86 valence electrons. The van der Waals surface area contributed by atoms with Crippen LogP contribution in [0, 0.1) is 0 Å². The van der Waals surface area contributed by atoms with Gasteiger partial charge in [-0.15, -0.1) is 0 Å². The van der Waals surface area contributed by atoms with Crippen LogP contribution in [-0.2, 0) is 0 Å². The van der Waals surface area contributed by atoms with E-state index in [0.717, 1.165) is 11.1 Å². The van der Waals surface area contributed by atoms with Crippen molar-refractivity contribution < 1.29 is 9.32 Å². The van der Waals surface area contributed by atoms with Crippen molar-refractivity contribution in [3.05, 3.63) is 36.2 Å². The third kappa shape index (κ3) is 2.88. The fraction of sp³-hybridized carbons (Fsp3) is 0. The predicted molar refractivity (Wildman–Crippen MR) is 60.0 cm³/mol. The first-order chi connectivity index (χ1) is 8.25. The number of rotatable bonds is 3. The zero-order chi connectivity index (χ0) is 12.1. The monoisotopic (exact) mass is 231 g/mol. The molecule has 0 fully saturated rings. The highest BCUT2D eigenvalue weighted by molar-refractivity contribution is 5.83. The van der Waals surface area contributed by atoms with E-state index in [4.69, 9.17) is 5.73 Å². The number of aromatic nitrogens is 2. The van der Waals surface area contributed by atoms with Gasteiger partial charge in [-0.1, -0.05) is 23.4 Å². The van der Waals surface area contributed by atoms with Gasteiger partial charge in [-0.2, -0.15) is 10.1 Å². The summed E-state index contributed by atoms with van der Waals surface area (Å²) in [5, 5.41) is 7.37. The molecule has 1 aromatic heterocycles. The second-order valence-electron chi connectivity index (χ2n) is 3.11. The summed E-state index contributed by atoms with van der Waals surface area (Å²) in [7, 11) is 0. The standard InChI is InChI=1S/C10H9N5O2/c11-10(16)14-13-5-7-2-1-3-8(4-7)9-12-6-17-15-9/h1-6H,(H3,11,14,16). The van der Waals surface area contributed by atoms with E-state index in [1.54, 1.807) is 6.07 Å². The molecule has 7 nitrogen and oxygen atoms in total. The Bertz CT molecular complexity index is 535. The molecule has 17 heavy (non-hydrogen) atoms. The van der Waals surface area contributed by atoms with Crippen molar-refractivity contribution in [2.24, 2.45) is 10.8 Å². The third-order valence-electron chi connectivity index (χ3n) is 1.89. The Labute approximate surface area is 96.3 Å². The van der Waals surface area contributed by atoms with Crippen LogP contribution in [0.1, 0.15) is 5.56 Å². The number of nitrogens with one attached hydrogen (secondary N) is 1. The van der Waals surface area contributed by atoms with E-state index in [1.807, 2.05) is 18.2 Å². The lowest BCUT2D eigenvalue weighted by Crippen LogP contribution is -2.24. The van der Waals surface area contributed by atoms with Crippen LogP contribution in [0.4, 0.5) is 4.79 Å². The lowest BCUT2D eigenvalue weighted by molar-refractivity contribution is 0.249. The van der Waals surface area contributed by atoms with Gasteiger partial charge in [0.05, 0.1) is 6.21 Å². The maximum Gasteiger partial charge on any atom is 0.332 e. The normalized spacial score (nSPS) is 10.6. The summed E-state index contributed by atoms with van der Waals surface area (Å²) in [6, 6.07) is 6.56. The van der Waals surface area contributed by atoms with E-state index in [9.17, 15) is 4.79 Å². The van der Waals surface area contributed by atoms with E-state index in [0.29, 0.717) is 5.82 Å². The van der Waals surface area contributed by atoms with Crippen LogP contribution in [-0.4, -0.2) is 22.4 Å². The molecule has 0 unspecified atom stereocenters. The van der Waals surface area contributed by atoms with E-state index < -0.39 is 6.03 Å². The van der Waals surface area contributed by atoms with Crippen LogP contribution in [0.25, 0.3) is 11.4 Å². The molecule has 3 N–H and O–H groups in total. The van der Waals surface area contributed by atoms with Crippen molar-refractivity contribution in [3.8, 4) is 11.4 Å². The topological polar surface area (TPSA) is 106 Å². The average molecular weight is 231 g/mol. The fourth-order valence-electron chi connectivity index (χ4n) is 1.23. The minimum absolute atomic E-state index is 0.489. The number of carbonyl (C=O) groups excluding carboxylic acids is 1. The minimum atomic E-state index is -0.712. The van der Waals surface area contributed by atoms with E-state index in [1.165, 1.54) is 12.6 Å². The number of hydrogen-bond donors (Lipinski definition) is 2. The van der Waals surface area contributed by atoms with Gasteiger partial charge >= 0.3 is 6.03 Å². The van der Waals surface area contributed by atoms with Gasteiger partial charge in [-0.25, -0.2) is 10.2 Å². The SMILES string of the molecule is NC(=O)NN=Cc1cccc(-c2ncon2)c1. The van der Waals surface area contributed by atoms with Crippen molar-refractivity contribution in [2.45, 2.75) is 0 Å². The van der Waals surface area contributed by atoms with Crippen molar-refractivity contribution in [3.63, 3.8) is 0 Å². The maximum atomic E-state index is 10.4. The quantitative estimate of drug-likeness (QED) is 0.600. The van der Waals surface area contributed by atoms with Crippen LogP contribution in [0.2, 0.25) is 0 Å². The summed E-state index contributed by atoms with van der Waals surface area (Å²) in [5.74, 6) is 0.489. The smallest absolute Gasteiger partial charge is 0.332 e. The number of primary amides is 1. The van der Waals surface area contributed by atoms with Crippen molar-refractivity contribution in [2.75, 3.05) is 0 Å². The Morgan fingerprint density at radius 3 is 3.12 bits per heavy atom. The highest BCUT2D eigenvalue weighted by Crippen LogP contribution is 2.14. The van der Waals surface area contributed by atoms with Crippen LogP contribution >= 0.6 is 0 Å². The third-order valence-corrected chi connectivity index (χ3v) is 1.89. The van der Waals surface area contributed by atoms with Crippen LogP contribution in [0.3, 0.4) is 0 Å². The van der Waals surface area contributed by atoms with Crippen molar-refractivity contribution in [1.82, 2.24) is 15.6 Å². The number of nitrogens with zero attached hydrogens (tertiary/aromatic N) is 3. The molecule has 0 radical (unpaired) electrons. The van der Waals surface area contributed by atoms with Gasteiger partial charge in [0, 0.05) is 5.56 Å². The molecular weight excluding hydrogens is 222 g/mol. The minimum Gasteiger partial charge on any atom is -0.350 e. The molecule has 7 heteroatoms. The van der Waals surface area contributed by atoms with Gasteiger partial charge in [0.2, 0.25) is 12.2 Å². The van der Waals surface area contributed by atoms with E-state index >= 15 is 0 Å². The Kier molecular flexibility index (Phi) is 3.10. The molecule has 1 heterocycles. The summed E-state index contributed by atoms with van der Waals surface area (Å²) in [4.78, 5) is 14.3. The Hall–Kier alpha value is -2.70. The summed E-state index contributed by atoms with van der Waals surface area (Å²) in [6.45, 7) is 0. The fourth-order valence-corrected chi connectivity index (χ4v) is 1.23. The van der Waals surface area contributed by atoms with Gasteiger partial charge in [0.1, 0.15) is 0 Å². The van der Waals surface area contributed by atoms with E-state index in [-0.39, 0.29) is 0 Å². The average Bonchev–Trinajstić information content (AvgIpc) is 2.82. The first-order valence-electron chi connectivity index (χ1n) is 4.71. The van der Waals surface area contributed by atoms with Crippen LogP contribution < -0.4 is 11.2 Å². The lowest BCUT2D eigenvalue weighted by Gasteiger charge is -1.97. The number of amides is 2. The molecule has 0 aliphatic carbocycles. The molecular formula is C10H9N5O2. The van der Waals surface area contributed by atoms with Gasteiger partial charge in [-0.05, 0) is 11.6 Å². The number of benzene rings is 1. The molecule has 2 aromatic rings. The molecule has 0 saturated heterocycles. The summed E-state index contributed by atoms with van der Waals surface area (Å²) in [6.07, 6.45) is 2.72. The highest BCUT2D eigenvalue weighted by atomic mass is 16.5. The number of carbonyl (C=O) groups is 1. The number of urea groups is 1. The zero-order valence-electron chi connectivity index (χ0n) is 8.70. The van der Waals surface area contributed by atoms with Crippen molar-refractivity contribution in [1.29, 1.82) is 0 Å². The summed E-state index contributed by atoms with van der Waals surface area (Å²) >= 11 is 0. The molecule has 2 rings (SSSR count). The summed E-state index contributed by atoms with van der Waals surface area (Å²) < 4.78 is 4.65. The van der Waals surface area contributed by atoms with Crippen molar-refractivity contribution >= 4 is 12.2 Å². The molecule has 0 saturated carbocycles. The van der Waals surface area contributed by atoms with Gasteiger partial charge in [0.15, 0.2) is 0 Å². The van der Waals surface area contributed by atoms with Gasteiger partial charge in [0.25, 0.3) is 0 Å². The predicted octanol–water partition coefficient (Wildman–Crippen LogP) is 0.739. The molecule has 0 spiro atoms. The first-order valence-corrected chi connectivity index (χ1v) is 4.71. The molecule has 2 amide bonds. The van der Waals surface area contributed by atoms with Gasteiger partial charge < -0.3 is 10.3 Å². The number of nitrogens with two attached hydrogens (primary N) is 1. The second kappa shape index (κ2) is 4.88. The Morgan fingerprint density at radius 1 is 1.53 bits per heavy atom. The van der Waals surface area contributed by atoms with Gasteiger partial charge in [-0.3, -0.25) is 0 Å². The Morgan fingerprint density at radius 2 is 2.41 bits per heavy atom. The van der Waals surface area contributed by atoms with Crippen LogP contribution in [0.5, 0.6) is 0 Å². The van der Waals surface area contributed by atoms with Crippen LogP contribution in [0.15, 0.2) is 40.3 Å². The van der Waals surface area contributed by atoms with E-state index in [2.05, 4.69) is 25.2 Å². The number of hydrogen-bond acceptors (Lipinski definition) is 5. The molecule has 0 aliphatic heterocycles. The second-order valence-corrected chi connectivity index (χ2v) is 3.11. The highest BCUT2D eigenvalue weighted by Gasteiger charge is 2.02. The maximum absolute atomic E-state index is 10.4. The zero-order valence-corrected chi connectivity index (χ0v) is 8.70. The Balaban J connectivity index is 2.17. The first kappa shape index (κ1) is 10.8.